The highest BCUT2D eigenvalue weighted by molar-refractivity contribution is 7.89. The minimum atomic E-state index is -3.65. The molecule has 120 valence electrons. The van der Waals surface area contributed by atoms with Crippen molar-refractivity contribution < 1.29 is 13.5 Å². The largest absolute Gasteiger partial charge is 0.384 e. The highest BCUT2D eigenvalue weighted by Crippen LogP contribution is 2.23. The van der Waals surface area contributed by atoms with Gasteiger partial charge in [0.05, 0.1) is 4.90 Å². The molecule has 6 heteroatoms. The Labute approximate surface area is 135 Å². The molecule has 0 saturated carbocycles. The first-order chi connectivity index (χ1) is 10.2. The second-order valence-corrected chi connectivity index (χ2v) is 8.38. The normalized spacial score (nSPS) is 15.0. The number of nitrogens with one attached hydrogen (secondary N) is 1. The third-order valence-corrected chi connectivity index (χ3v) is 5.67. The fraction of sp³-hybridized carbons (Fsp3) is 0.375. The van der Waals surface area contributed by atoms with Gasteiger partial charge in [0, 0.05) is 6.54 Å². The molecule has 0 aliphatic heterocycles. The maximum atomic E-state index is 12.4. The molecule has 1 atom stereocenters. The van der Waals surface area contributed by atoms with Gasteiger partial charge in [0.25, 0.3) is 0 Å². The van der Waals surface area contributed by atoms with E-state index in [0.717, 1.165) is 5.56 Å². The molecule has 0 bridgehead atoms. The number of rotatable bonds is 6. The van der Waals surface area contributed by atoms with Crippen LogP contribution < -0.4 is 4.72 Å². The van der Waals surface area contributed by atoms with Crippen LogP contribution in [0, 0.1) is 0 Å². The molecule has 1 aromatic heterocycles. The molecule has 0 fully saturated rings. The summed E-state index contributed by atoms with van der Waals surface area (Å²) in [6.07, 6.45) is 0. The van der Waals surface area contributed by atoms with Gasteiger partial charge >= 0.3 is 0 Å². The van der Waals surface area contributed by atoms with E-state index in [1.54, 1.807) is 31.2 Å². The fourth-order valence-corrected chi connectivity index (χ4v) is 4.00. The minimum Gasteiger partial charge on any atom is -0.384 e. The molecule has 0 amide bonds. The Morgan fingerprint density at radius 1 is 1.32 bits per heavy atom. The van der Waals surface area contributed by atoms with E-state index in [9.17, 15) is 13.5 Å². The molecule has 1 aromatic carbocycles. The van der Waals surface area contributed by atoms with Gasteiger partial charge in [-0.15, -0.1) is 0 Å². The molecule has 0 radical (unpaired) electrons. The van der Waals surface area contributed by atoms with E-state index in [1.165, 1.54) is 11.3 Å². The van der Waals surface area contributed by atoms with Crippen LogP contribution in [0.2, 0.25) is 0 Å². The van der Waals surface area contributed by atoms with Gasteiger partial charge in [0.2, 0.25) is 10.0 Å². The van der Waals surface area contributed by atoms with Gasteiger partial charge in [0.15, 0.2) is 0 Å². The molecule has 1 unspecified atom stereocenters. The Kier molecular flexibility index (Phi) is 5.07. The van der Waals surface area contributed by atoms with Crippen LogP contribution >= 0.6 is 11.3 Å². The van der Waals surface area contributed by atoms with Crippen LogP contribution in [0.25, 0.3) is 0 Å². The number of hydrogen-bond donors (Lipinski definition) is 2. The van der Waals surface area contributed by atoms with Crippen molar-refractivity contribution >= 4 is 21.4 Å². The van der Waals surface area contributed by atoms with Crippen LogP contribution in [-0.2, 0) is 15.6 Å². The van der Waals surface area contributed by atoms with Crippen LogP contribution in [0.3, 0.4) is 0 Å². The summed E-state index contributed by atoms with van der Waals surface area (Å²) in [6, 6.07) is 8.67. The second kappa shape index (κ2) is 6.50. The van der Waals surface area contributed by atoms with Crippen LogP contribution in [0.1, 0.15) is 37.8 Å². The summed E-state index contributed by atoms with van der Waals surface area (Å²) in [6.45, 7) is 5.56. The van der Waals surface area contributed by atoms with Gasteiger partial charge in [-0.1, -0.05) is 26.0 Å². The van der Waals surface area contributed by atoms with Crippen LogP contribution in [0.5, 0.6) is 0 Å². The third-order valence-electron chi connectivity index (χ3n) is 3.58. The zero-order valence-electron chi connectivity index (χ0n) is 12.9. The summed E-state index contributed by atoms with van der Waals surface area (Å²) in [7, 11) is -3.65. The Bertz CT molecular complexity index is 720. The molecule has 0 spiro atoms. The highest BCUT2D eigenvalue weighted by Gasteiger charge is 2.26. The van der Waals surface area contributed by atoms with Crippen molar-refractivity contribution in [3.05, 3.63) is 52.2 Å². The summed E-state index contributed by atoms with van der Waals surface area (Å²) >= 11 is 1.46. The maximum absolute atomic E-state index is 12.4. The van der Waals surface area contributed by atoms with Crippen LogP contribution in [0.15, 0.2) is 46.0 Å². The lowest BCUT2D eigenvalue weighted by Crippen LogP contribution is -2.38. The highest BCUT2D eigenvalue weighted by atomic mass is 32.2. The van der Waals surface area contributed by atoms with Crippen LogP contribution in [0.4, 0.5) is 0 Å². The predicted molar refractivity (Wildman–Crippen MR) is 89.6 cm³/mol. The van der Waals surface area contributed by atoms with Gasteiger partial charge in [-0.05, 0) is 52.9 Å². The molecule has 2 aromatic rings. The van der Waals surface area contributed by atoms with Gasteiger partial charge in [-0.2, -0.15) is 11.3 Å². The average molecular weight is 339 g/mol. The van der Waals surface area contributed by atoms with Crippen molar-refractivity contribution in [1.29, 1.82) is 0 Å². The third kappa shape index (κ3) is 3.95. The molecule has 4 nitrogen and oxygen atoms in total. The number of aliphatic hydroxyl groups is 1. The minimum absolute atomic E-state index is 0.0715. The predicted octanol–water partition coefficient (Wildman–Crippen LogP) is 3.06. The molecule has 0 aliphatic carbocycles. The molecule has 2 rings (SSSR count). The first kappa shape index (κ1) is 17.1. The maximum Gasteiger partial charge on any atom is 0.240 e. The topological polar surface area (TPSA) is 66.4 Å². The lowest BCUT2D eigenvalue weighted by molar-refractivity contribution is 0.0632. The molecule has 22 heavy (non-hydrogen) atoms. The van der Waals surface area contributed by atoms with E-state index < -0.39 is 15.6 Å². The van der Waals surface area contributed by atoms with Crippen molar-refractivity contribution in [2.45, 2.75) is 37.2 Å². The molecule has 0 aliphatic rings. The number of benzene rings is 1. The van der Waals surface area contributed by atoms with Crippen molar-refractivity contribution in [3.63, 3.8) is 0 Å². The van der Waals surface area contributed by atoms with Gasteiger partial charge in [0.1, 0.15) is 5.60 Å². The van der Waals surface area contributed by atoms with E-state index in [-0.39, 0.29) is 17.4 Å². The fourth-order valence-electron chi connectivity index (χ4n) is 2.03. The Balaban J connectivity index is 2.16. The van der Waals surface area contributed by atoms with Crippen LogP contribution in [-0.4, -0.2) is 20.1 Å². The number of thiophene rings is 1. The van der Waals surface area contributed by atoms with E-state index >= 15 is 0 Å². The van der Waals surface area contributed by atoms with Crippen molar-refractivity contribution in [3.8, 4) is 0 Å². The first-order valence-corrected chi connectivity index (χ1v) is 9.50. The molecular formula is C16H21NO3S2. The lowest BCUT2D eigenvalue weighted by atomic mass is 10.0. The Morgan fingerprint density at radius 3 is 2.64 bits per heavy atom. The van der Waals surface area contributed by atoms with E-state index in [4.69, 9.17) is 0 Å². The molecule has 1 heterocycles. The Morgan fingerprint density at radius 2 is 2.05 bits per heavy atom. The number of hydrogen-bond acceptors (Lipinski definition) is 4. The second-order valence-electron chi connectivity index (χ2n) is 5.84. The van der Waals surface area contributed by atoms with Gasteiger partial charge in [-0.25, -0.2) is 13.1 Å². The molecule has 0 saturated heterocycles. The quantitative estimate of drug-likeness (QED) is 0.850. The van der Waals surface area contributed by atoms with Crippen molar-refractivity contribution in [2.24, 2.45) is 0 Å². The van der Waals surface area contributed by atoms with E-state index in [2.05, 4.69) is 4.72 Å². The monoisotopic (exact) mass is 339 g/mol. The smallest absolute Gasteiger partial charge is 0.240 e. The summed E-state index contributed by atoms with van der Waals surface area (Å²) in [4.78, 5) is 0.222. The molecular weight excluding hydrogens is 318 g/mol. The molecule has 2 N–H and O–H groups in total. The standard InChI is InChI=1S/C16H21NO3S2/c1-12(2)13-5-4-6-15(9-13)22(19,20)17-11-16(3,18)14-7-8-21-10-14/h4-10,12,17-18H,11H2,1-3H3. The summed E-state index contributed by atoms with van der Waals surface area (Å²) < 4.78 is 27.3. The summed E-state index contributed by atoms with van der Waals surface area (Å²) in [5.41, 5.74) is 0.437. The van der Waals surface area contributed by atoms with Crippen molar-refractivity contribution in [1.82, 2.24) is 4.72 Å². The van der Waals surface area contributed by atoms with E-state index in [1.807, 2.05) is 30.7 Å². The Hall–Kier alpha value is -1.21. The van der Waals surface area contributed by atoms with E-state index in [0.29, 0.717) is 5.56 Å². The summed E-state index contributed by atoms with van der Waals surface area (Å²) in [5, 5.41) is 14.1. The zero-order valence-corrected chi connectivity index (χ0v) is 14.5. The SMILES string of the molecule is CC(C)c1cccc(S(=O)(=O)NCC(C)(O)c2ccsc2)c1. The summed E-state index contributed by atoms with van der Waals surface area (Å²) in [5.74, 6) is 0.254. The van der Waals surface area contributed by atoms with Gasteiger partial charge < -0.3 is 5.11 Å². The first-order valence-electron chi connectivity index (χ1n) is 7.07. The van der Waals surface area contributed by atoms with Gasteiger partial charge in [-0.3, -0.25) is 0 Å². The lowest BCUT2D eigenvalue weighted by Gasteiger charge is -2.23. The number of sulfonamides is 1. The average Bonchev–Trinajstić information content (AvgIpc) is 3.01. The zero-order chi connectivity index (χ0) is 16.4. The van der Waals surface area contributed by atoms with Crippen molar-refractivity contribution in [2.75, 3.05) is 6.54 Å².